The van der Waals surface area contributed by atoms with E-state index in [2.05, 4.69) is 9.97 Å². The normalized spacial score (nSPS) is 20.4. The Kier molecular flexibility index (Phi) is 3.18. The summed E-state index contributed by atoms with van der Waals surface area (Å²) in [6.45, 7) is 0.134. The molecular formula is C9H12N4O4S. The summed E-state index contributed by atoms with van der Waals surface area (Å²) in [6, 6.07) is 0. The molecule has 0 aliphatic carbocycles. The molecule has 0 spiro atoms. The van der Waals surface area contributed by atoms with Gasteiger partial charge in [-0.3, -0.25) is 14.5 Å². The van der Waals surface area contributed by atoms with Gasteiger partial charge in [-0.1, -0.05) is 0 Å². The number of sulfonamides is 1. The van der Waals surface area contributed by atoms with Crippen molar-refractivity contribution >= 4 is 21.7 Å². The number of anilines is 1. The van der Waals surface area contributed by atoms with Crippen molar-refractivity contribution in [1.82, 2.24) is 9.97 Å². The van der Waals surface area contributed by atoms with Crippen molar-refractivity contribution in [2.24, 2.45) is 11.1 Å². The van der Waals surface area contributed by atoms with Gasteiger partial charge in [-0.15, -0.1) is 0 Å². The van der Waals surface area contributed by atoms with Gasteiger partial charge in [-0.25, -0.2) is 18.5 Å². The van der Waals surface area contributed by atoms with Crippen molar-refractivity contribution in [3.8, 4) is 0 Å². The summed E-state index contributed by atoms with van der Waals surface area (Å²) < 4.78 is 21.9. The van der Waals surface area contributed by atoms with Gasteiger partial charge in [-0.05, 0) is 0 Å². The molecule has 9 heteroatoms. The second-order valence-electron chi connectivity index (χ2n) is 4.15. The van der Waals surface area contributed by atoms with Crippen LogP contribution in [0.15, 0.2) is 17.2 Å². The number of nitrogens with two attached hydrogens (primary N) is 1. The maximum atomic E-state index is 11.7. The molecule has 1 saturated heterocycles. The zero-order chi connectivity index (χ0) is 13.3. The largest absolute Gasteiger partial charge is 0.324 e. The molecule has 2 heterocycles. The van der Waals surface area contributed by atoms with Gasteiger partial charge < -0.3 is 4.98 Å². The van der Waals surface area contributed by atoms with Crippen LogP contribution in [0.1, 0.15) is 6.42 Å². The van der Waals surface area contributed by atoms with Crippen LogP contribution in [-0.2, 0) is 14.8 Å². The topological polar surface area (TPSA) is 126 Å². The molecule has 1 aromatic heterocycles. The zero-order valence-corrected chi connectivity index (χ0v) is 10.2. The van der Waals surface area contributed by atoms with Crippen LogP contribution in [0.5, 0.6) is 0 Å². The highest BCUT2D eigenvalue weighted by atomic mass is 32.2. The Morgan fingerprint density at radius 2 is 2.22 bits per heavy atom. The first-order valence-electron chi connectivity index (χ1n) is 5.21. The van der Waals surface area contributed by atoms with Crippen molar-refractivity contribution in [3.05, 3.63) is 22.7 Å². The molecule has 1 fully saturated rings. The van der Waals surface area contributed by atoms with Gasteiger partial charge in [-0.2, -0.15) is 0 Å². The van der Waals surface area contributed by atoms with Gasteiger partial charge in [0.25, 0.3) is 5.56 Å². The second-order valence-corrected chi connectivity index (χ2v) is 5.80. The molecule has 1 aliphatic rings. The Morgan fingerprint density at radius 3 is 2.83 bits per heavy atom. The van der Waals surface area contributed by atoms with Crippen LogP contribution in [0.2, 0.25) is 0 Å². The van der Waals surface area contributed by atoms with Crippen LogP contribution < -0.4 is 15.6 Å². The van der Waals surface area contributed by atoms with Crippen LogP contribution in [-0.4, -0.2) is 36.6 Å². The molecular weight excluding hydrogens is 260 g/mol. The summed E-state index contributed by atoms with van der Waals surface area (Å²) in [5.41, 5.74) is -0.484. The number of carbonyl (C=O) groups is 1. The minimum Gasteiger partial charge on any atom is -0.324 e. The number of nitrogens with one attached hydrogen (secondary N) is 1. The first-order valence-corrected chi connectivity index (χ1v) is 6.93. The summed E-state index contributed by atoms with van der Waals surface area (Å²) >= 11 is 0. The first-order chi connectivity index (χ1) is 8.37. The van der Waals surface area contributed by atoms with Crippen LogP contribution in [0.3, 0.4) is 0 Å². The van der Waals surface area contributed by atoms with Crippen LogP contribution in [0.25, 0.3) is 0 Å². The molecule has 1 aromatic rings. The lowest BCUT2D eigenvalue weighted by atomic mass is 10.1. The number of carbonyl (C=O) groups excluding carboxylic acids is 1. The molecule has 0 bridgehead atoms. The Bertz CT molecular complexity index is 623. The molecule has 1 amide bonds. The minimum absolute atomic E-state index is 0.0144. The summed E-state index contributed by atoms with van der Waals surface area (Å²) in [4.78, 5) is 30.6. The Balaban J connectivity index is 2.21. The first kappa shape index (κ1) is 12.7. The molecule has 98 valence electrons. The van der Waals surface area contributed by atoms with Crippen molar-refractivity contribution in [3.63, 3.8) is 0 Å². The number of aromatic nitrogens is 2. The molecule has 1 aliphatic heterocycles. The fourth-order valence-corrected chi connectivity index (χ4v) is 2.84. The number of hydrogen-bond acceptors (Lipinski definition) is 5. The van der Waals surface area contributed by atoms with Crippen LogP contribution in [0, 0.1) is 5.92 Å². The van der Waals surface area contributed by atoms with E-state index in [1.165, 1.54) is 17.3 Å². The number of rotatable bonds is 3. The SMILES string of the molecule is NS(=O)(=O)CC1CC(=O)N(c2ncc[nH]c2=O)C1. The van der Waals surface area contributed by atoms with Gasteiger partial charge in [0.1, 0.15) is 0 Å². The smallest absolute Gasteiger partial charge is 0.291 e. The number of nitrogens with zero attached hydrogens (tertiary/aromatic N) is 2. The number of amides is 1. The fourth-order valence-electron chi connectivity index (χ4n) is 1.96. The van der Waals surface area contributed by atoms with E-state index < -0.39 is 21.5 Å². The summed E-state index contributed by atoms with van der Waals surface area (Å²) in [6.07, 6.45) is 2.76. The fraction of sp³-hybridized carbons (Fsp3) is 0.444. The lowest BCUT2D eigenvalue weighted by molar-refractivity contribution is -0.117. The Morgan fingerprint density at radius 1 is 1.50 bits per heavy atom. The van der Waals surface area contributed by atoms with Gasteiger partial charge in [0.15, 0.2) is 0 Å². The summed E-state index contributed by atoms with van der Waals surface area (Å²) in [5.74, 6) is -1.03. The average molecular weight is 272 g/mol. The monoisotopic (exact) mass is 272 g/mol. The molecule has 0 aromatic carbocycles. The highest BCUT2D eigenvalue weighted by Crippen LogP contribution is 2.21. The molecule has 1 unspecified atom stereocenters. The van der Waals surface area contributed by atoms with Gasteiger partial charge >= 0.3 is 0 Å². The third-order valence-electron chi connectivity index (χ3n) is 2.62. The van der Waals surface area contributed by atoms with Gasteiger partial charge in [0.05, 0.1) is 5.75 Å². The van der Waals surface area contributed by atoms with Crippen molar-refractivity contribution in [1.29, 1.82) is 0 Å². The second kappa shape index (κ2) is 4.50. The molecule has 3 N–H and O–H groups in total. The van der Waals surface area contributed by atoms with E-state index in [4.69, 9.17) is 5.14 Å². The Labute approximate surface area is 103 Å². The molecule has 0 saturated carbocycles. The predicted octanol–water partition coefficient (Wildman–Crippen LogP) is -1.59. The highest BCUT2D eigenvalue weighted by molar-refractivity contribution is 7.89. The zero-order valence-electron chi connectivity index (χ0n) is 9.37. The van der Waals surface area contributed by atoms with E-state index in [0.717, 1.165) is 0 Å². The maximum absolute atomic E-state index is 11.7. The molecule has 1 atom stereocenters. The van der Waals surface area contributed by atoms with E-state index in [1.807, 2.05) is 0 Å². The number of primary sulfonamides is 1. The van der Waals surface area contributed by atoms with Gasteiger partial charge in [0, 0.05) is 31.3 Å². The third-order valence-corrected chi connectivity index (χ3v) is 3.55. The third kappa shape index (κ3) is 2.74. The van der Waals surface area contributed by atoms with E-state index in [9.17, 15) is 18.0 Å². The minimum atomic E-state index is -3.63. The van der Waals surface area contributed by atoms with Crippen molar-refractivity contribution in [2.75, 3.05) is 17.2 Å². The highest BCUT2D eigenvalue weighted by Gasteiger charge is 2.34. The van der Waals surface area contributed by atoms with Crippen LogP contribution >= 0.6 is 0 Å². The Hall–Kier alpha value is -1.74. The quantitative estimate of drug-likeness (QED) is 0.686. The van der Waals surface area contributed by atoms with Gasteiger partial charge in [0.2, 0.25) is 21.7 Å². The van der Waals surface area contributed by atoms with E-state index in [1.54, 1.807) is 0 Å². The number of hydrogen-bond donors (Lipinski definition) is 2. The molecule has 0 radical (unpaired) electrons. The van der Waals surface area contributed by atoms with Crippen molar-refractivity contribution < 1.29 is 13.2 Å². The van der Waals surface area contributed by atoms with E-state index >= 15 is 0 Å². The van der Waals surface area contributed by atoms with E-state index in [0.29, 0.717) is 0 Å². The number of aromatic amines is 1. The molecule has 18 heavy (non-hydrogen) atoms. The number of H-pyrrole nitrogens is 1. The maximum Gasteiger partial charge on any atom is 0.291 e. The predicted molar refractivity (Wildman–Crippen MR) is 63.3 cm³/mol. The standard InChI is InChI=1S/C9H12N4O4S/c10-18(16,17)5-6-3-7(14)13(4-6)8-9(15)12-2-1-11-8/h1-2,6H,3-5H2,(H,12,15)(H2,10,16,17). The lowest BCUT2D eigenvalue weighted by Gasteiger charge is -2.13. The van der Waals surface area contributed by atoms with Crippen molar-refractivity contribution in [2.45, 2.75) is 6.42 Å². The summed E-state index contributed by atoms with van der Waals surface area (Å²) in [5, 5.41) is 4.93. The molecule has 8 nitrogen and oxygen atoms in total. The van der Waals surface area contributed by atoms with E-state index in [-0.39, 0.29) is 30.4 Å². The average Bonchev–Trinajstić information content (AvgIpc) is 2.57. The lowest BCUT2D eigenvalue weighted by Crippen LogP contribution is -2.32. The molecule has 2 rings (SSSR count). The summed E-state index contributed by atoms with van der Waals surface area (Å²) in [7, 11) is -3.63. The van der Waals surface area contributed by atoms with Crippen LogP contribution in [0.4, 0.5) is 5.82 Å².